The maximum atomic E-state index is 13.3. The van der Waals surface area contributed by atoms with Crippen molar-refractivity contribution in [3.05, 3.63) is 57.5 Å². The lowest BCUT2D eigenvalue weighted by molar-refractivity contribution is -0.124. The number of hydrogen-bond donors (Lipinski definition) is 3. The molecule has 0 saturated carbocycles. The first-order chi connectivity index (χ1) is 13.9. The van der Waals surface area contributed by atoms with E-state index in [1.54, 1.807) is 5.38 Å². The van der Waals surface area contributed by atoms with Crippen molar-refractivity contribution in [3.8, 4) is 5.69 Å². The smallest absolute Gasteiger partial charge is 0.322 e. The molecular weight excluding hydrogens is 425 g/mol. The Morgan fingerprint density at radius 1 is 1.38 bits per heavy atom. The van der Waals surface area contributed by atoms with Gasteiger partial charge in [-0.15, -0.1) is 16.4 Å². The molecule has 1 aliphatic heterocycles. The number of urea groups is 1. The summed E-state index contributed by atoms with van der Waals surface area (Å²) in [5.74, 6) is -1.85. The molecule has 4 amide bonds. The predicted octanol–water partition coefficient (Wildman–Crippen LogP) is 0.981. The summed E-state index contributed by atoms with van der Waals surface area (Å²) in [6.45, 7) is -0.244. The van der Waals surface area contributed by atoms with E-state index in [-0.39, 0.29) is 17.3 Å². The van der Waals surface area contributed by atoms with Crippen LogP contribution in [0.1, 0.15) is 15.5 Å². The minimum atomic E-state index is -1.51. The molecule has 4 rings (SSSR count). The highest BCUT2D eigenvalue weighted by atomic mass is 35.5. The third-order valence-corrected chi connectivity index (χ3v) is 5.34. The standard InChI is InChI=1S/C16H11ClFN7O3S/c17-9-5-8(1-2-10(9)18)25-21-6-11(24-25)12(26)20-7-16(14-19-3-4-29-14)13(27)22-15(28)23-16/h1-6H,7H2,(H,20,26)(H2,22,23,27,28)/t16-/m1/s1. The van der Waals surface area contributed by atoms with Crippen LogP contribution in [0.4, 0.5) is 9.18 Å². The minimum Gasteiger partial charge on any atom is -0.347 e. The van der Waals surface area contributed by atoms with Gasteiger partial charge in [-0.25, -0.2) is 14.2 Å². The number of benzene rings is 1. The van der Waals surface area contributed by atoms with Crippen LogP contribution < -0.4 is 16.0 Å². The topological polar surface area (TPSA) is 131 Å². The lowest BCUT2D eigenvalue weighted by Gasteiger charge is -2.23. The molecule has 0 aliphatic carbocycles. The first-order valence-corrected chi connectivity index (χ1v) is 9.34. The highest BCUT2D eigenvalue weighted by molar-refractivity contribution is 7.09. The number of carbonyl (C=O) groups excluding carboxylic acids is 3. The number of thiazole rings is 1. The third kappa shape index (κ3) is 3.43. The maximum absolute atomic E-state index is 13.3. The van der Waals surface area contributed by atoms with Crippen molar-refractivity contribution in [2.24, 2.45) is 0 Å². The van der Waals surface area contributed by atoms with Crippen molar-refractivity contribution in [2.45, 2.75) is 5.54 Å². The Morgan fingerprint density at radius 3 is 2.86 bits per heavy atom. The first kappa shape index (κ1) is 19.0. The molecule has 0 bridgehead atoms. The predicted molar refractivity (Wildman–Crippen MR) is 99.1 cm³/mol. The van der Waals surface area contributed by atoms with E-state index in [2.05, 4.69) is 31.1 Å². The number of amides is 4. The molecule has 3 heterocycles. The van der Waals surface area contributed by atoms with Crippen molar-refractivity contribution in [3.63, 3.8) is 0 Å². The van der Waals surface area contributed by atoms with Crippen molar-refractivity contribution in [1.29, 1.82) is 0 Å². The zero-order valence-electron chi connectivity index (χ0n) is 14.3. The fourth-order valence-electron chi connectivity index (χ4n) is 2.68. The monoisotopic (exact) mass is 435 g/mol. The van der Waals surface area contributed by atoms with Crippen molar-refractivity contribution < 1.29 is 18.8 Å². The number of halogens is 2. The number of carbonyl (C=O) groups is 3. The van der Waals surface area contributed by atoms with Gasteiger partial charge < -0.3 is 10.6 Å². The van der Waals surface area contributed by atoms with Gasteiger partial charge >= 0.3 is 6.03 Å². The quantitative estimate of drug-likeness (QED) is 0.512. The summed E-state index contributed by atoms with van der Waals surface area (Å²) in [6, 6.07) is 3.19. The summed E-state index contributed by atoms with van der Waals surface area (Å²) in [7, 11) is 0. The molecule has 3 aromatic rings. The molecule has 1 fully saturated rings. The van der Waals surface area contributed by atoms with E-state index in [0.29, 0.717) is 10.7 Å². The van der Waals surface area contributed by atoms with E-state index in [0.717, 1.165) is 22.2 Å². The van der Waals surface area contributed by atoms with Crippen molar-refractivity contribution in [2.75, 3.05) is 6.54 Å². The lowest BCUT2D eigenvalue weighted by Crippen LogP contribution is -2.52. The van der Waals surface area contributed by atoms with Crippen LogP contribution in [-0.2, 0) is 10.3 Å². The normalized spacial score (nSPS) is 18.4. The minimum absolute atomic E-state index is 0.0514. The second-order valence-electron chi connectivity index (χ2n) is 5.95. The molecule has 10 nitrogen and oxygen atoms in total. The highest BCUT2D eigenvalue weighted by Gasteiger charge is 2.50. The Balaban J connectivity index is 1.52. The molecule has 2 aromatic heterocycles. The average Bonchev–Trinajstić information content (AvgIpc) is 3.43. The van der Waals surface area contributed by atoms with Crippen LogP contribution in [0.3, 0.4) is 0 Å². The lowest BCUT2D eigenvalue weighted by atomic mass is 10.0. The molecule has 0 spiro atoms. The van der Waals surface area contributed by atoms with E-state index in [4.69, 9.17) is 11.6 Å². The van der Waals surface area contributed by atoms with E-state index in [9.17, 15) is 18.8 Å². The second-order valence-corrected chi connectivity index (χ2v) is 7.25. The molecule has 1 aromatic carbocycles. The SMILES string of the molecule is O=C1NC(=O)[C@](CNC(=O)c2cnn(-c3ccc(F)c(Cl)c3)n2)(c2nccs2)N1. The Hall–Kier alpha value is -3.38. The number of imide groups is 1. The van der Waals surface area contributed by atoms with Gasteiger partial charge in [0.15, 0.2) is 11.2 Å². The molecule has 1 saturated heterocycles. The van der Waals surface area contributed by atoms with Gasteiger partial charge in [-0.1, -0.05) is 11.6 Å². The highest BCUT2D eigenvalue weighted by Crippen LogP contribution is 2.26. The van der Waals surface area contributed by atoms with Crippen LogP contribution >= 0.6 is 22.9 Å². The van der Waals surface area contributed by atoms with Crippen molar-refractivity contribution in [1.82, 2.24) is 35.9 Å². The van der Waals surface area contributed by atoms with Crippen LogP contribution in [0.15, 0.2) is 36.0 Å². The van der Waals surface area contributed by atoms with E-state index in [1.807, 2.05) is 0 Å². The molecule has 148 valence electrons. The van der Waals surface area contributed by atoms with Gasteiger partial charge in [-0.05, 0) is 18.2 Å². The van der Waals surface area contributed by atoms with Gasteiger partial charge in [0.1, 0.15) is 10.8 Å². The number of hydrogen-bond acceptors (Lipinski definition) is 7. The summed E-state index contributed by atoms with van der Waals surface area (Å²) in [5, 5.41) is 17.1. The van der Waals surface area contributed by atoms with Crippen LogP contribution in [0, 0.1) is 5.82 Å². The molecule has 1 aliphatic rings. The molecule has 3 N–H and O–H groups in total. The van der Waals surface area contributed by atoms with Crippen LogP contribution in [0.2, 0.25) is 5.02 Å². The Bertz CT molecular complexity index is 1120. The summed E-state index contributed by atoms with van der Waals surface area (Å²) in [4.78, 5) is 41.7. The molecular formula is C16H11ClFN7O3S. The summed E-state index contributed by atoms with van der Waals surface area (Å²) in [6.07, 6.45) is 2.69. The van der Waals surface area contributed by atoms with Gasteiger partial charge in [-0.3, -0.25) is 14.9 Å². The second kappa shape index (κ2) is 7.22. The van der Waals surface area contributed by atoms with E-state index >= 15 is 0 Å². The molecule has 13 heteroatoms. The fraction of sp³-hybridized carbons (Fsp3) is 0.125. The van der Waals surface area contributed by atoms with Gasteiger partial charge in [0.2, 0.25) is 0 Å². The number of aromatic nitrogens is 4. The zero-order chi connectivity index (χ0) is 20.6. The number of nitrogens with zero attached hydrogens (tertiary/aromatic N) is 4. The largest absolute Gasteiger partial charge is 0.347 e. The Morgan fingerprint density at radius 2 is 2.21 bits per heavy atom. The summed E-state index contributed by atoms with van der Waals surface area (Å²) in [5.41, 5.74) is -1.21. The Kier molecular flexibility index (Phi) is 4.72. The summed E-state index contributed by atoms with van der Waals surface area (Å²) >= 11 is 6.91. The molecule has 0 unspecified atom stereocenters. The first-order valence-electron chi connectivity index (χ1n) is 8.08. The van der Waals surface area contributed by atoms with Gasteiger partial charge in [0.05, 0.1) is 23.5 Å². The van der Waals surface area contributed by atoms with Crippen LogP contribution in [-0.4, -0.2) is 44.4 Å². The zero-order valence-corrected chi connectivity index (χ0v) is 15.9. The van der Waals surface area contributed by atoms with Gasteiger partial charge in [0.25, 0.3) is 11.8 Å². The van der Waals surface area contributed by atoms with E-state index in [1.165, 1.54) is 24.5 Å². The number of nitrogens with one attached hydrogen (secondary N) is 3. The van der Waals surface area contributed by atoms with Gasteiger partial charge in [-0.2, -0.15) is 9.90 Å². The third-order valence-electron chi connectivity index (χ3n) is 4.11. The van der Waals surface area contributed by atoms with Gasteiger partial charge in [0, 0.05) is 11.6 Å². The summed E-state index contributed by atoms with van der Waals surface area (Å²) < 4.78 is 13.3. The maximum Gasteiger partial charge on any atom is 0.322 e. The van der Waals surface area contributed by atoms with Crippen LogP contribution in [0.25, 0.3) is 5.69 Å². The van der Waals surface area contributed by atoms with E-state index < -0.39 is 29.2 Å². The fourth-order valence-corrected chi connectivity index (χ4v) is 3.65. The average molecular weight is 436 g/mol. The molecule has 29 heavy (non-hydrogen) atoms. The van der Waals surface area contributed by atoms with Crippen molar-refractivity contribution >= 4 is 40.8 Å². The Labute approximate surface area is 171 Å². The van der Waals surface area contributed by atoms with Crippen LogP contribution in [0.5, 0.6) is 0 Å². The molecule has 0 radical (unpaired) electrons. The molecule has 1 atom stereocenters. The number of rotatable bonds is 5.